The Labute approximate surface area is 140 Å². The van der Waals surface area contributed by atoms with Crippen LogP contribution in [0.3, 0.4) is 0 Å². The van der Waals surface area contributed by atoms with Gasteiger partial charge in [0, 0.05) is 25.5 Å². The lowest BCUT2D eigenvalue weighted by Crippen LogP contribution is -2.08. The Kier molecular flexibility index (Phi) is 4.77. The summed E-state index contributed by atoms with van der Waals surface area (Å²) in [6.45, 7) is 0. The number of anilines is 3. The number of benzene rings is 2. The molecule has 0 spiro atoms. The summed E-state index contributed by atoms with van der Waals surface area (Å²) in [7, 11) is 3.66. The number of rotatable bonds is 6. The van der Waals surface area contributed by atoms with Crippen LogP contribution in [0.25, 0.3) is 0 Å². The number of nitro benzene ring substituents is 3. The molecule has 0 bridgehead atoms. The second-order valence-electron chi connectivity index (χ2n) is 5.20. The van der Waals surface area contributed by atoms with Gasteiger partial charge in [0.2, 0.25) is 0 Å². The fourth-order valence-corrected chi connectivity index (χ4v) is 2.11. The summed E-state index contributed by atoms with van der Waals surface area (Å²) in [5, 5.41) is 35.9. The number of non-ortho nitro benzene ring substituents is 1. The molecule has 25 heavy (non-hydrogen) atoms. The predicted molar refractivity (Wildman–Crippen MR) is 90.5 cm³/mol. The highest BCUT2D eigenvalue weighted by Gasteiger charge is 2.30. The lowest BCUT2D eigenvalue weighted by molar-refractivity contribution is -0.401. The van der Waals surface area contributed by atoms with E-state index in [1.165, 1.54) is 0 Å². The molecule has 0 aliphatic rings. The summed E-state index contributed by atoms with van der Waals surface area (Å²) in [4.78, 5) is 32.4. The third-order valence-electron chi connectivity index (χ3n) is 3.34. The second kappa shape index (κ2) is 6.78. The van der Waals surface area contributed by atoms with Gasteiger partial charge in [-0.2, -0.15) is 0 Å². The van der Waals surface area contributed by atoms with Gasteiger partial charge in [0.25, 0.3) is 5.69 Å². The molecule has 0 radical (unpaired) electrons. The average Bonchev–Trinajstić information content (AvgIpc) is 2.54. The largest absolute Gasteiger partial charge is 0.378 e. The molecule has 130 valence electrons. The van der Waals surface area contributed by atoms with Crippen LogP contribution in [0.1, 0.15) is 0 Å². The van der Waals surface area contributed by atoms with Gasteiger partial charge in [0.15, 0.2) is 5.69 Å². The van der Waals surface area contributed by atoms with Gasteiger partial charge in [-0.25, -0.2) is 0 Å². The average molecular weight is 347 g/mol. The van der Waals surface area contributed by atoms with Crippen molar-refractivity contribution >= 4 is 34.1 Å². The molecule has 0 heterocycles. The summed E-state index contributed by atoms with van der Waals surface area (Å²) in [5.41, 5.74) is -1.43. The van der Waals surface area contributed by atoms with Crippen LogP contribution in [0, 0.1) is 30.3 Å². The maximum atomic E-state index is 11.2. The van der Waals surface area contributed by atoms with Crippen LogP contribution in [-0.4, -0.2) is 28.9 Å². The minimum atomic E-state index is -0.921. The van der Waals surface area contributed by atoms with Gasteiger partial charge in [-0.3, -0.25) is 30.3 Å². The SMILES string of the molecule is CN(C)c1ccc(Nc2c([N+](=O)[O-])cc([N+](=O)[O-])cc2[N+](=O)[O-])cc1. The van der Waals surface area contributed by atoms with E-state index in [4.69, 9.17) is 0 Å². The van der Waals surface area contributed by atoms with E-state index in [1.807, 2.05) is 19.0 Å². The Hall–Kier alpha value is -3.76. The highest BCUT2D eigenvalue weighted by Crippen LogP contribution is 2.40. The molecule has 11 nitrogen and oxygen atoms in total. The fraction of sp³-hybridized carbons (Fsp3) is 0.143. The first-order valence-electron chi connectivity index (χ1n) is 6.86. The molecule has 0 fully saturated rings. The van der Waals surface area contributed by atoms with E-state index in [-0.39, 0.29) is 0 Å². The number of nitrogens with zero attached hydrogens (tertiary/aromatic N) is 4. The third kappa shape index (κ3) is 3.77. The van der Waals surface area contributed by atoms with E-state index in [0.717, 1.165) is 5.69 Å². The zero-order valence-corrected chi connectivity index (χ0v) is 13.2. The number of nitrogens with one attached hydrogen (secondary N) is 1. The van der Waals surface area contributed by atoms with Gasteiger partial charge in [-0.15, -0.1) is 0 Å². The van der Waals surface area contributed by atoms with Crippen molar-refractivity contribution in [2.24, 2.45) is 0 Å². The standard InChI is InChI=1S/C14H13N5O6/c1-16(2)10-5-3-9(4-6-10)15-14-12(18(22)23)7-11(17(20)21)8-13(14)19(24)25/h3-8,15H,1-2H3. The Morgan fingerprint density at radius 2 is 1.32 bits per heavy atom. The number of nitro groups is 3. The molecule has 0 amide bonds. The minimum absolute atomic E-state index is 0.366. The fourth-order valence-electron chi connectivity index (χ4n) is 2.11. The van der Waals surface area contributed by atoms with Crippen LogP contribution in [0.5, 0.6) is 0 Å². The topological polar surface area (TPSA) is 145 Å². The van der Waals surface area contributed by atoms with Crippen molar-refractivity contribution in [3.63, 3.8) is 0 Å². The molecule has 0 unspecified atom stereocenters. The monoisotopic (exact) mass is 347 g/mol. The molecule has 0 saturated heterocycles. The molecule has 11 heteroatoms. The van der Waals surface area contributed by atoms with E-state index in [2.05, 4.69) is 5.32 Å². The van der Waals surface area contributed by atoms with Crippen molar-refractivity contribution in [1.82, 2.24) is 0 Å². The van der Waals surface area contributed by atoms with Crippen LogP contribution in [0.2, 0.25) is 0 Å². The Balaban J connectivity index is 2.56. The van der Waals surface area contributed by atoms with Crippen molar-refractivity contribution in [3.05, 3.63) is 66.7 Å². The van der Waals surface area contributed by atoms with Crippen molar-refractivity contribution in [3.8, 4) is 0 Å². The van der Waals surface area contributed by atoms with Crippen LogP contribution >= 0.6 is 0 Å². The Morgan fingerprint density at radius 1 is 0.840 bits per heavy atom. The predicted octanol–water partition coefficient (Wildman–Crippen LogP) is 3.22. The molecule has 2 rings (SSSR count). The van der Waals surface area contributed by atoms with Crippen molar-refractivity contribution in [1.29, 1.82) is 0 Å². The van der Waals surface area contributed by atoms with Crippen LogP contribution in [0.15, 0.2) is 36.4 Å². The molecule has 0 saturated carbocycles. The molecule has 0 atom stereocenters. The van der Waals surface area contributed by atoms with Gasteiger partial charge < -0.3 is 10.2 Å². The lowest BCUT2D eigenvalue weighted by Gasteiger charge is -2.13. The third-order valence-corrected chi connectivity index (χ3v) is 3.34. The van der Waals surface area contributed by atoms with E-state index < -0.39 is 37.5 Å². The van der Waals surface area contributed by atoms with Crippen LogP contribution < -0.4 is 10.2 Å². The van der Waals surface area contributed by atoms with Crippen LogP contribution in [-0.2, 0) is 0 Å². The van der Waals surface area contributed by atoms with Crippen molar-refractivity contribution in [2.75, 3.05) is 24.3 Å². The summed E-state index contributed by atoms with van der Waals surface area (Å²) in [5.74, 6) is 0. The quantitative estimate of drug-likeness (QED) is 0.619. The van der Waals surface area contributed by atoms with E-state index >= 15 is 0 Å². The van der Waals surface area contributed by atoms with Crippen molar-refractivity contribution < 1.29 is 14.8 Å². The Bertz CT molecular complexity index is 814. The Morgan fingerprint density at radius 3 is 1.68 bits per heavy atom. The highest BCUT2D eigenvalue weighted by molar-refractivity contribution is 5.81. The van der Waals surface area contributed by atoms with Gasteiger partial charge in [0.1, 0.15) is 0 Å². The number of hydrogen-bond acceptors (Lipinski definition) is 8. The van der Waals surface area contributed by atoms with Gasteiger partial charge in [-0.1, -0.05) is 0 Å². The first-order chi connectivity index (χ1) is 11.7. The normalized spacial score (nSPS) is 10.2. The van der Waals surface area contributed by atoms with E-state index in [9.17, 15) is 30.3 Å². The maximum Gasteiger partial charge on any atom is 0.306 e. The summed E-state index contributed by atoms with van der Waals surface area (Å²) < 4.78 is 0. The molecule has 0 aromatic heterocycles. The first-order valence-corrected chi connectivity index (χ1v) is 6.86. The minimum Gasteiger partial charge on any atom is -0.378 e. The summed E-state index contributed by atoms with van der Waals surface area (Å²) in [6, 6.07) is 7.97. The second-order valence-corrected chi connectivity index (χ2v) is 5.20. The zero-order chi connectivity index (χ0) is 18.7. The highest BCUT2D eigenvalue weighted by atomic mass is 16.6. The summed E-state index contributed by atoms with van der Waals surface area (Å²) in [6.07, 6.45) is 0. The molecule has 2 aromatic rings. The summed E-state index contributed by atoms with van der Waals surface area (Å²) >= 11 is 0. The molecule has 2 aromatic carbocycles. The van der Waals surface area contributed by atoms with Gasteiger partial charge in [-0.05, 0) is 24.3 Å². The molecule has 1 N–H and O–H groups in total. The van der Waals surface area contributed by atoms with E-state index in [1.54, 1.807) is 24.3 Å². The smallest absolute Gasteiger partial charge is 0.306 e. The molecular weight excluding hydrogens is 334 g/mol. The lowest BCUT2D eigenvalue weighted by atomic mass is 10.2. The maximum absolute atomic E-state index is 11.2. The van der Waals surface area contributed by atoms with Gasteiger partial charge in [0.05, 0.1) is 26.9 Å². The van der Waals surface area contributed by atoms with Crippen LogP contribution in [0.4, 0.5) is 34.1 Å². The molecular formula is C14H13N5O6. The van der Waals surface area contributed by atoms with Crippen molar-refractivity contribution in [2.45, 2.75) is 0 Å². The van der Waals surface area contributed by atoms with E-state index in [0.29, 0.717) is 17.8 Å². The first kappa shape index (κ1) is 17.6. The molecule has 0 aliphatic carbocycles. The number of hydrogen-bond donors (Lipinski definition) is 1. The molecule has 0 aliphatic heterocycles. The van der Waals surface area contributed by atoms with Gasteiger partial charge >= 0.3 is 11.4 Å². The zero-order valence-electron chi connectivity index (χ0n) is 13.2.